The van der Waals surface area contributed by atoms with Gasteiger partial charge in [-0.05, 0) is 11.8 Å². The Kier molecular flexibility index (Phi) is 7.61. The van der Waals surface area contributed by atoms with Crippen LogP contribution in [0.4, 0.5) is 20.4 Å². The summed E-state index contributed by atoms with van der Waals surface area (Å²) in [6.45, 7) is -10.0. The molecule has 7 heterocycles. The van der Waals surface area contributed by atoms with Gasteiger partial charge in [0.1, 0.15) is 48.1 Å². The van der Waals surface area contributed by atoms with E-state index in [0.717, 1.165) is 6.33 Å². The van der Waals surface area contributed by atoms with Crippen molar-refractivity contribution < 1.29 is 45.8 Å². The molecule has 24 heteroatoms. The Morgan fingerprint density at radius 1 is 0.841 bits per heavy atom. The van der Waals surface area contributed by atoms with Crippen molar-refractivity contribution in [1.29, 1.82) is 0 Å². The first-order chi connectivity index (χ1) is 20.9. The minimum atomic E-state index is -4.41. The zero-order valence-corrected chi connectivity index (χ0v) is 25.4. The Morgan fingerprint density at radius 2 is 1.41 bits per heavy atom. The number of thiol groups is 1. The van der Waals surface area contributed by atoms with Gasteiger partial charge in [0.2, 0.25) is 0 Å². The van der Waals surface area contributed by atoms with Crippen molar-refractivity contribution in [3.05, 3.63) is 25.3 Å². The third-order valence-corrected chi connectivity index (χ3v) is 10.3. The fraction of sp³-hybridized carbons (Fsp3) is 0.500. The number of hydrogen-bond acceptors (Lipinski definition) is 16. The van der Waals surface area contributed by atoms with Crippen molar-refractivity contribution in [2.45, 2.75) is 49.2 Å². The van der Waals surface area contributed by atoms with Gasteiger partial charge in [0.25, 0.3) is 0 Å². The average Bonchev–Trinajstić information content (AvgIpc) is 3.73. The number of halogens is 2. The number of anilines is 2. The molecule has 3 aliphatic heterocycles. The van der Waals surface area contributed by atoms with Gasteiger partial charge in [-0.2, -0.15) is 0 Å². The van der Waals surface area contributed by atoms with Gasteiger partial charge < -0.3 is 30.4 Å². The second kappa shape index (κ2) is 11.1. The molecule has 18 nitrogen and oxygen atoms in total. The summed E-state index contributed by atoms with van der Waals surface area (Å²) in [7, 11) is 0. The summed E-state index contributed by atoms with van der Waals surface area (Å²) >= 11 is 9.16. The van der Waals surface area contributed by atoms with E-state index in [0.29, 0.717) is 0 Å². The Hall–Kier alpha value is -2.49. The molecule has 0 amide bonds. The van der Waals surface area contributed by atoms with E-state index in [1.54, 1.807) is 0 Å². The maximum Gasteiger partial charge on any atom is 0.386 e. The number of ether oxygens (including phenoxy) is 2. The number of hydrogen-bond donors (Lipinski definition) is 4. The van der Waals surface area contributed by atoms with Gasteiger partial charge in [0, 0.05) is 0 Å². The second-order valence-electron chi connectivity index (χ2n) is 9.85. The van der Waals surface area contributed by atoms with Crippen molar-refractivity contribution >= 4 is 71.5 Å². The predicted octanol–water partition coefficient (Wildman–Crippen LogP) is 1.37. The molecule has 0 spiro atoms. The first-order valence-corrected chi connectivity index (χ1v) is 18.0. The molecule has 10 atom stereocenters. The van der Waals surface area contributed by atoms with Crippen molar-refractivity contribution in [1.82, 2.24) is 39.0 Å². The van der Waals surface area contributed by atoms with Gasteiger partial charge in [0.05, 0.1) is 25.9 Å². The largest absolute Gasteiger partial charge is 0.386 e. The van der Waals surface area contributed by atoms with Gasteiger partial charge in [-0.1, -0.05) is 12.2 Å². The van der Waals surface area contributed by atoms with Crippen molar-refractivity contribution in [2.24, 2.45) is 0 Å². The van der Waals surface area contributed by atoms with Crippen LogP contribution in [-0.2, 0) is 43.9 Å². The Morgan fingerprint density at radius 3 is 2.05 bits per heavy atom. The lowest BCUT2D eigenvalue weighted by Gasteiger charge is -2.27. The van der Waals surface area contributed by atoms with E-state index in [1.807, 2.05) is 0 Å². The normalized spacial score (nSPS) is 38.3. The van der Waals surface area contributed by atoms with Crippen LogP contribution in [0.2, 0.25) is 0 Å². The minimum absolute atomic E-state index is 0.0524. The van der Waals surface area contributed by atoms with Crippen molar-refractivity contribution in [3.8, 4) is 0 Å². The zero-order chi connectivity index (χ0) is 31.0. The highest BCUT2D eigenvalue weighted by atomic mass is 32.7. The molecule has 44 heavy (non-hydrogen) atoms. The highest BCUT2D eigenvalue weighted by Gasteiger charge is 2.54. The van der Waals surface area contributed by atoms with E-state index in [-0.39, 0.29) is 34.0 Å². The Balaban J connectivity index is 1.20. The number of fused-ring (bicyclic) bond motifs is 5. The van der Waals surface area contributed by atoms with Crippen molar-refractivity contribution in [3.63, 3.8) is 0 Å². The summed E-state index contributed by atoms with van der Waals surface area (Å²) in [6.07, 6.45) is -8.00. The Bertz CT molecular complexity index is 1840. The summed E-state index contributed by atoms with van der Waals surface area (Å²) in [4.78, 5) is 35.2. The van der Waals surface area contributed by atoms with Crippen LogP contribution in [0.3, 0.4) is 0 Å². The van der Waals surface area contributed by atoms with Gasteiger partial charge in [-0.25, -0.2) is 43.2 Å². The summed E-state index contributed by atoms with van der Waals surface area (Å²) < 4.78 is 81.3. The molecule has 3 fully saturated rings. The monoisotopic (exact) mass is 694 g/mol. The minimum Gasteiger partial charge on any atom is -0.382 e. The number of nitrogen functional groups attached to an aromatic ring is 2. The lowest BCUT2D eigenvalue weighted by Crippen LogP contribution is -2.34. The molecule has 4 aromatic rings. The van der Waals surface area contributed by atoms with Crippen LogP contribution in [0.25, 0.3) is 22.3 Å². The average molecular weight is 695 g/mol. The molecular weight excluding hydrogens is 672 g/mol. The molecule has 3 saturated heterocycles. The van der Waals surface area contributed by atoms with Gasteiger partial charge in [-0.3, -0.25) is 22.7 Å². The van der Waals surface area contributed by atoms with Crippen molar-refractivity contribution in [2.75, 3.05) is 24.7 Å². The van der Waals surface area contributed by atoms with Crippen LogP contribution in [0.5, 0.6) is 0 Å². The second-order valence-corrected chi connectivity index (χ2v) is 15.5. The molecule has 4 aromatic heterocycles. The first kappa shape index (κ1) is 30.2. The number of nitrogens with two attached hydrogens (primary N) is 2. The number of aromatic nitrogens is 8. The zero-order valence-electron chi connectivity index (χ0n) is 21.9. The lowest BCUT2D eigenvalue weighted by molar-refractivity contribution is -0.0584. The van der Waals surface area contributed by atoms with Crippen LogP contribution >= 0.6 is 25.8 Å². The molecule has 236 valence electrons. The molecule has 5 N–H and O–H groups in total. The van der Waals surface area contributed by atoms with Gasteiger partial charge in [-0.15, -0.1) is 0 Å². The molecular formula is C20H22F2N10O8P2S2. The maximum atomic E-state index is 16.0. The topological polar surface area (TPSA) is 232 Å². The smallest absolute Gasteiger partial charge is 0.382 e. The molecule has 0 aliphatic carbocycles. The number of alkyl halides is 2. The molecule has 3 unspecified atom stereocenters. The van der Waals surface area contributed by atoms with Crippen LogP contribution < -0.4 is 11.5 Å². The van der Waals surface area contributed by atoms with Gasteiger partial charge >= 0.3 is 13.5 Å². The van der Waals surface area contributed by atoms with E-state index in [4.69, 9.17) is 50.8 Å². The third-order valence-electron chi connectivity index (χ3n) is 7.17. The standard InChI is InChI=1S/C20H22F2N10O8P2S2/c21-9-7-1-35-41(33,43)39-13-8(38-19(10(13)22)31-5-29-11-15(23)25-3-27-17(11)31)2-36-42(34,44)40-14(9)20(37-7)32-6-30-12-16(24)26-4-28-18(12)32/h3-10,13-14,19-20H,1-2H2,(H,33,43)(H,34,44)(H2,23,25,27)(H2,24,26,28)/t7-,8?,9+,10-,13-,14-,19-,20-,41?,42?/m1/s1. The molecule has 3 aliphatic rings. The predicted molar refractivity (Wildman–Crippen MR) is 152 cm³/mol. The van der Waals surface area contributed by atoms with E-state index >= 15 is 8.78 Å². The van der Waals surface area contributed by atoms with Crippen LogP contribution in [-0.4, -0.2) is 93.9 Å². The summed E-state index contributed by atoms with van der Waals surface area (Å²) in [5, 5.41) is 0. The molecule has 0 saturated carbocycles. The molecule has 0 aromatic carbocycles. The van der Waals surface area contributed by atoms with E-state index in [2.05, 4.69) is 42.2 Å². The number of nitrogens with zero attached hydrogens (tertiary/aromatic N) is 8. The number of imidazole rings is 2. The Labute approximate surface area is 255 Å². The maximum absolute atomic E-state index is 16.0. The van der Waals surface area contributed by atoms with E-state index < -0.39 is 75.9 Å². The third kappa shape index (κ3) is 5.26. The molecule has 2 bridgehead atoms. The molecule has 7 rings (SSSR count). The fourth-order valence-electron chi connectivity index (χ4n) is 5.16. The van der Waals surface area contributed by atoms with E-state index in [9.17, 15) is 9.46 Å². The lowest BCUT2D eigenvalue weighted by atomic mass is 10.1. The van der Waals surface area contributed by atoms with Gasteiger partial charge in [0.15, 0.2) is 47.7 Å². The van der Waals surface area contributed by atoms with Crippen LogP contribution in [0.15, 0.2) is 25.3 Å². The molecule has 0 radical (unpaired) electrons. The fourth-order valence-corrected chi connectivity index (χ4v) is 8.05. The summed E-state index contributed by atoms with van der Waals surface area (Å²) in [5.41, 5.74) is 12.4. The number of rotatable bonds is 2. The van der Waals surface area contributed by atoms with E-state index in [1.165, 1.54) is 28.1 Å². The summed E-state index contributed by atoms with van der Waals surface area (Å²) in [6, 6.07) is 0. The highest BCUT2D eigenvalue weighted by molar-refractivity contribution is 8.44. The first-order valence-electron chi connectivity index (χ1n) is 12.7. The van der Waals surface area contributed by atoms with Crippen LogP contribution in [0.1, 0.15) is 12.5 Å². The quantitative estimate of drug-likeness (QED) is 0.171. The summed E-state index contributed by atoms with van der Waals surface area (Å²) in [5.74, 6) is 0.110. The SMILES string of the molecule is Nc1ncnc2c1ncn2[C@@H]1OC2COP(O)(=S)O[C@@H]3[C@@H](F)[C@@H](COP(=O)(S)O[C@H]2[C@H]1F)O[C@H]3n1cnc2c(N)ncnc21. The van der Waals surface area contributed by atoms with Crippen LogP contribution in [0, 0.1) is 0 Å². The highest BCUT2D eigenvalue weighted by Crippen LogP contribution is 2.58.